The van der Waals surface area contributed by atoms with Crippen molar-refractivity contribution in [3.63, 3.8) is 0 Å². The first-order valence-electron chi connectivity index (χ1n) is 5.53. The Morgan fingerprint density at radius 2 is 0.741 bits per heavy atom. The molecule has 0 aliphatic heterocycles. The van der Waals surface area contributed by atoms with Crippen molar-refractivity contribution in [2.45, 2.75) is 50.7 Å². The van der Waals surface area contributed by atoms with Gasteiger partial charge in [-0.05, 0) is 0 Å². The summed E-state index contributed by atoms with van der Waals surface area (Å²) in [4.78, 5) is 0. The van der Waals surface area contributed by atoms with Crippen LogP contribution in [-0.4, -0.2) is 43.8 Å². The first kappa shape index (κ1) is 25.8. The topological polar surface area (TPSA) is 46.2 Å². The van der Waals surface area contributed by atoms with Gasteiger partial charge in [-0.15, -0.1) is 35.1 Å². The Morgan fingerprint density at radius 1 is 0.481 bits per heavy atom. The second-order valence-electron chi connectivity index (χ2n) is 4.03. The zero-order chi connectivity index (χ0) is 22.1. The number of alkyl halides is 14. The van der Waals surface area contributed by atoms with Crippen molar-refractivity contribution in [2.75, 3.05) is 0 Å². The van der Waals surface area contributed by atoms with Crippen molar-refractivity contribution in [2.24, 2.45) is 0 Å². The van der Waals surface area contributed by atoms with Gasteiger partial charge in [-0.2, -0.15) is 17.6 Å². The summed E-state index contributed by atoms with van der Waals surface area (Å²) < 4.78 is 182. The summed E-state index contributed by atoms with van der Waals surface area (Å²) in [5, 5.41) is 0. The van der Waals surface area contributed by atoms with Gasteiger partial charge in [0.1, 0.15) is 0 Å². The van der Waals surface area contributed by atoms with Crippen molar-refractivity contribution in [3.8, 4) is 0 Å². The third kappa shape index (κ3) is 10.7. The van der Waals surface area contributed by atoms with E-state index in [2.05, 4.69) is 4.74 Å². The zero-order valence-corrected chi connectivity index (χ0v) is 11.9. The molecule has 0 aliphatic rings. The third-order valence-electron chi connectivity index (χ3n) is 1.52. The highest BCUT2D eigenvalue weighted by Crippen LogP contribution is 2.40. The van der Waals surface area contributed by atoms with Gasteiger partial charge in [0.15, 0.2) is 0 Å². The van der Waals surface area contributed by atoms with Crippen LogP contribution < -0.4 is 0 Å². The van der Waals surface area contributed by atoms with Crippen molar-refractivity contribution in [1.29, 1.82) is 0 Å². The lowest BCUT2D eigenvalue weighted by atomic mass is 10.6. The Hall–Kier alpha value is -1.18. The molecule has 5 nitrogen and oxygen atoms in total. The smallest absolute Gasteiger partial charge is 0.230 e. The molecule has 0 atom stereocenters. The van der Waals surface area contributed by atoms with E-state index in [1.807, 2.05) is 18.9 Å². The molecule has 0 saturated carbocycles. The van der Waals surface area contributed by atoms with Crippen molar-refractivity contribution in [3.05, 3.63) is 0 Å². The van der Waals surface area contributed by atoms with Crippen LogP contribution in [0.3, 0.4) is 0 Å². The molecule has 0 unspecified atom stereocenters. The average molecular weight is 446 g/mol. The van der Waals surface area contributed by atoms with E-state index < -0.39 is 50.7 Å². The van der Waals surface area contributed by atoms with E-state index in [4.69, 9.17) is 0 Å². The van der Waals surface area contributed by atoms with E-state index in [1.165, 1.54) is 0 Å². The number of ether oxygens (including phenoxy) is 5. The summed E-state index contributed by atoms with van der Waals surface area (Å²) in [6.45, 7) is -0.442. The monoisotopic (exact) mass is 446 g/mol. The predicted molar refractivity (Wildman–Crippen MR) is 46.8 cm³/mol. The highest BCUT2D eigenvalue weighted by atomic mass is 19.3. The molecule has 0 heterocycles. The third-order valence-corrected chi connectivity index (χ3v) is 1.52. The van der Waals surface area contributed by atoms with Gasteiger partial charge in [0.25, 0.3) is 0 Å². The number of hydrogen-bond donors (Lipinski definition) is 0. The first-order chi connectivity index (χ1) is 11.5. The Morgan fingerprint density at radius 3 is 1.00 bits per heavy atom. The van der Waals surface area contributed by atoms with E-state index in [0.717, 1.165) is 0 Å². The Bertz CT molecular complexity index is 488. The summed E-state index contributed by atoms with van der Waals surface area (Å²) >= 11 is 0. The van der Waals surface area contributed by atoms with Gasteiger partial charge < -0.3 is 0 Å². The molecule has 0 N–H and O–H groups in total. The highest BCUT2D eigenvalue weighted by molar-refractivity contribution is 4.57. The molecule has 0 spiro atoms. The van der Waals surface area contributed by atoms with Gasteiger partial charge in [-0.25, -0.2) is 32.5 Å². The van der Waals surface area contributed by atoms with Gasteiger partial charge in [0, 0.05) is 6.92 Å². The molecule has 27 heavy (non-hydrogen) atoms. The zero-order valence-electron chi connectivity index (χ0n) is 11.9. The molecule has 164 valence electrons. The average Bonchev–Trinajstić information content (AvgIpc) is 2.15. The molecular formula is C8H4F14O5. The van der Waals surface area contributed by atoms with E-state index in [-0.39, 0.29) is 0 Å². The van der Waals surface area contributed by atoms with Gasteiger partial charge in [0.05, 0.1) is 0 Å². The normalized spacial score (nSPS) is 15.6. The van der Waals surface area contributed by atoms with Crippen LogP contribution in [-0.2, 0) is 23.7 Å². The van der Waals surface area contributed by atoms with Crippen LogP contribution in [0.4, 0.5) is 61.5 Å². The molecule has 0 rings (SSSR count). The van der Waals surface area contributed by atoms with Crippen LogP contribution in [0.25, 0.3) is 0 Å². The molecule has 19 heteroatoms. The highest BCUT2D eigenvalue weighted by Gasteiger charge is 2.61. The van der Waals surface area contributed by atoms with Crippen LogP contribution in [0.15, 0.2) is 0 Å². The molecule has 0 saturated heterocycles. The molecule has 0 amide bonds. The van der Waals surface area contributed by atoms with Crippen LogP contribution >= 0.6 is 0 Å². The fourth-order valence-corrected chi connectivity index (χ4v) is 0.910. The maximum Gasteiger partial charge on any atom is 0.498 e. The van der Waals surface area contributed by atoms with Crippen molar-refractivity contribution < 1.29 is 85.2 Å². The minimum atomic E-state index is -6.53. The SMILES string of the molecule is CC(F)(F)OC(F)(F)OC(F)(F)OC(F)(F)OC(F)(F)OC(F)(F)C(F)F. The fourth-order valence-electron chi connectivity index (χ4n) is 0.910. The van der Waals surface area contributed by atoms with E-state index >= 15 is 0 Å². The van der Waals surface area contributed by atoms with E-state index in [1.54, 1.807) is 0 Å². The summed E-state index contributed by atoms with van der Waals surface area (Å²) in [7, 11) is 0. The Balaban J connectivity index is 5.11. The Kier molecular flexibility index (Phi) is 7.34. The van der Waals surface area contributed by atoms with E-state index in [0.29, 0.717) is 0 Å². The predicted octanol–water partition coefficient (Wildman–Crippen LogP) is 4.74. The number of hydrogen-bond acceptors (Lipinski definition) is 5. The largest absolute Gasteiger partial charge is 0.498 e. The van der Waals surface area contributed by atoms with Gasteiger partial charge in [-0.1, -0.05) is 0 Å². The molecule has 0 fully saturated rings. The van der Waals surface area contributed by atoms with Crippen LogP contribution in [0.2, 0.25) is 0 Å². The maximum atomic E-state index is 12.7. The second-order valence-corrected chi connectivity index (χ2v) is 4.03. The van der Waals surface area contributed by atoms with Gasteiger partial charge in [0.2, 0.25) is 0 Å². The van der Waals surface area contributed by atoms with Crippen molar-refractivity contribution >= 4 is 0 Å². The standard InChI is InChI=1S/C8H4F14O5/c1-3(11,12)23-5(15,16)25-7(19,20)27-8(21,22)26-6(17,18)24-4(13,14)2(9)10/h2H,1H3. The first-order valence-corrected chi connectivity index (χ1v) is 5.53. The Labute approximate surface area is 137 Å². The fraction of sp³-hybridized carbons (Fsp3) is 1.00. The minimum Gasteiger partial charge on any atom is -0.230 e. The second kappa shape index (κ2) is 7.68. The van der Waals surface area contributed by atoms with E-state index in [9.17, 15) is 61.5 Å². The summed E-state index contributed by atoms with van der Waals surface area (Å²) in [5.41, 5.74) is 0. The molecule has 0 aromatic rings. The van der Waals surface area contributed by atoms with Crippen LogP contribution in [0, 0.1) is 0 Å². The lowest BCUT2D eigenvalue weighted by Gasteiger charge is -2.28. The minimum absolute atomic E-state index is 0.442. The summed E-state index contributed by atoms with van der Waals surface area (Å²) in [6.07, 6.45) is -41.5. The number of halogens is 14. The molecular weight excluding hydrogens is 442 g/mol. The van der Waals surface area contributed by atoms with Crippen LogP contribution in [0.5, 0.6) is 0 Å². The molecule has 0 aromatic heterocycles. The molecule has 0 aromatic carbocycles. The van der Waals surface area contributed by atoms with Gasteiger partial charge in [-0.3, -0.25) is 0 Å². The summed E-state index contributed by atoms with van der Waals surface area (Å²) in [6, 6.07) is 0. The van der Waals surface area contributed by atoms with Gasteiger partial charge >= 0.3 is 43.8 Å². The molecule has 0 aliphatic carbocycles. The van der Waals surface area contributed by atoms with Crippen LogP contribution in [0.1, 0.15) is 6.92 Å². The molecule has 0 bridgehead atoms. The lowest BCUT2D eigenvalue weighted by molar-refractivity contribution is -0.622. The maximum absolute atomic E-state index is 12.7. The van der Waals surface area contributed by atoms with Crippen molar-refractivity contribution in [1.82, 2.24) is 0 Å². The molecule has 0 radical (unpaired) electrons. The number of rotatable bonds is 11. The summed E-state index contributed by atoms with van der Waals surface area (Å²) in [5.74, 6) is 0. The lowest BCUT2D eigenvalue weighted by Crippen LogP contribution is -2.48. The quantitative estimate of drug-likeness (QED) is 0.339.